The second-order valence-electron chi connectivity index (χ2n) is 8.48. The fourth-order valence-electron chi connectivity index (χ4n) is 4.52. The highest BCUT2D eigenvalue weighted by atomic mass is 16.5. The van der Waals surface area contributed by atoms with Gasteiger partial charge in [0.25, 0.3) is 0 Å². The van der Waals surface area contributed by atoms with Gasteiger partial charge in [-0.05, 0) is 37.5 Å². The molecule has 5 rings (SSSR count). The van der Waals surface area contributed by atoms with E-state index in [2.05, 4.69) is 9.97 Å². The average Bonchev–Trinajstić information content (AvgIpc) is 3.15. The highest BCUT2D eigenvalue weighted by Gasteiger charge is 2.27. The quantitative estimate of drug-likeness (QED) is 0.482. The SMILES string of the molecule is Cc1cc(-c2c(-c3ccccc3)[nH+]c(N)n3c(=O)n(CC4CCCOC4)nc23)cc(CO)n1. The number of hydrogen-bond acceptors (Lipinski definition) is 6. The number of hydrogen-bond donors (Lipinski definition) is 2. The molecule has 4 heterocycles. The van der Waals surface area contributed by atoms with Crippen LogP contribution in [0.2, 0.25) is 0 Å². The van der Waals surface area contributed by atoms with E-state index in [0.29, 0.717) is 24.5 Å². The lowest BCUT2D eigenvalue weighted by molar-refractivity contribution is -0.351. The number of nitrogens with one attached hydrogen (secondary N) is 1. The van der Waals surface area contributed by atoms with Gasteiger partial charge in [-0.1, -0.05) is 30.3 Å². The van der Waals surface area contributed by atoms with Gasteiger partial charge in [0.1, 0.15) is 5.69 Å². The number of aliphatic hydroxyl groups is 1. The number of rotatable bonds is 5. The molecule has 0 radical (unpaired) electrons. The predicted octanol–water partition coefficient (Wildman–Crippen LogP) is 1.85. The van der Waals surface area contributed by atoms with Crippen molar-refractivity contribution in [3.63, 3.8) is 0 Å². The van der Waals surface area contributed by atoms with Gasteiger partial charge in [0.15, 0.2) is 0 Å². The normalized spacial score (nSPS) is 16.4. The molecule has 1 fully saturated rings. The predicted molar refractivity (Wildman–Crippen MR) is 123 cm³/mol. The lowest BCUT2D eigenvalue weighted by Crippen LogP contribution is -2.31. The van der Waals surface area contributed by atoms with Gasteiger partial charge in [-0.2, -0.15) is 4.68 Å². The number of H-pyrrole nitrogens is 1. The van der Waals surface area contributed by atoms with Crippen molar-refractivity contribution in [3.05, 3.63) is 64.3 Å². The number of benzene rings is 1. The maximum Gasteiger partial charge on any atom is 0.411 e. The number of nitrogens with two attached hydrogens (primary N) is 1. The zero-order chi connectivity index (χ0) is 22.9. The Morgan fingerprint density at radius 3 is 2.79 bits per heavy atom. The van der Waals surface area contributed by atoms with Gasteiger partial charge in [0.05, 0.1) is 31.0 Å². The van der Waals surface area contributed by atoms with Crippen LogP contribution < -0.4 is 16.4 Å². The molecule has 0 bridgehead atoms. The molecule has 9 nitrogen and oxygen atoms in total. The van der Waals surface area contributed by atoms with E-state index in [9.17, 15) is 9.90 Å². The second-order valence-corrected chi connectivity index (χ2v) is 8.48. The maximum absolute atomic E-state index is 13.3. The van der Waals surface area contributed by atoms with Gasteiger partial charge in [-0.25, -0.2) is 9.78 Å². The molecule has 0 amide bonds. The first-order chi connectivity index (χ1) is 16.0. The summed E-state index contributed by atoms with van der Waals surface area (Å²) >= 11 is 0. The molecule has 1 atom stereocenters. The highest BCUT2D eigenvalue weighted by Crippen LogP contribution is 2.33. The number of fused-ring (bicyclic) bond motifs is 1. The van der Waals surface area contributed by atoms with Crippen molar-refractivity contribution >= 4 is 11.6 Å². The van der Waals surface area contributed by atoms with Crippen LogP contribution in [0.25, 0.3) is 28.0 Å². The van der Waals surface area contributed by atoms with Crippen LogP contribution in [0, 0.1) is 12.8 Å². The van der Waals surface area contributed by atoms with E-state index in [-0.39, 0.29) is 24.2 Å². The summed E-state index contributed by atoms with van der Waals surface area (Å²) in [5, 5.41) is 14.5. The summed E-state index contributed by atoms with van der Waals surface area (Å²) in [6.45, 7) is 3.53. The molecular formula is C24H27N6O3+. The summed E-state index contributed by atoms with van der Waals surface area (Å²) in [4.78, 5) is 20.9. The summed E-state index contributed by atoms with van der Waals surface area (Å²) in [5.74, 6) is 0.435. The van der Waals surface area contributed by atoms with Crippen molar-refractivity contribution in [2.45, 2.75) is 32.9 Å². The molecule has 0 spiro atoms. The third kappa shape index (κ3) is 4.01. The van der Waals surface area contributed by atoms with E-state index in [0.717, 1.165) is 47.5 Å². The zero-order valence-corrected chi connectivity index (χ0v) is 18.5. The molecule has 1 saturated heterocycles. The molecule has 33 heavy (non-hydrogen) atoms. The molecular weight excluding hydrogens is 420 g/mol. The number of aliphatic hydroxyl groups excluding tert-OH is 1. The largest absolute Gasteiger partial charge is 0.411 e. The Morgan fingerprint density at radius 2 is 2.06 bits per heavy atom. The Labute approximate surface area is 190 Å². The lowest BCUT2D eigenvalue weighted by atomic mass is 9.99. The smallest absolute Gasteiger partial charge is 0.390 e. The van der Waals surface area contributed by atoms with E-state index in [1.54, 1.807) is 0 Å². The van der Waals surface area contributed by atoms with Gasteiger partial charge in [0, 0.05) is 23.8 Å². The number of pyridine rings is 1. The van der Waals surface area contributed by atoms with Crippen molar-refractivity contribution in [3.8, 4) is 22.4 Å². The van der Waals surface area contributed by atoms with Crippen molar-refractivity contribution in [2.24, 2.45) is 5.92 Å². The molecule has 1 unspecified atom stereocenters. The number of aromatic amines is 1. The fraction of sp³-hybridized carbons (Fsp3) is 0.333. The number of ether oxygens (including phenoxy) is 1. The number of nitrogens with zero attached hydrogens (tertiary/aromatic N) is 4. The Kier molecular flexibility index (Phi) is 5.65. The average molecular weight is 448 g/mol. The van der Waals surface area contributed by atoms with Crippen molar-refractivity contribution in [1.82, 2.24) is 19.2 Å². The van der Waals surface area contributed by atoms with E-state index in [1.807, 2.05) is 49.4 Å². The van der Waals surface area contributed by atoms with E-state index >= 15 is 0 Å². The number of aromatic nitrogens is 5. The van der Waals surface area contributed by atoms with Crippen LogP contribution in [0.1, 0.15) is 24.2 Å². The van der Waals surface area contributed by atoms with Gasteiger partial charge in [-0.3, -0.25) is 10.7 Å². The van der Waals surface area contributed by atoms with E-state index in [4.69, 9.17) is 15.6 Å². The molecule has 4 N–H and O–H groups in total. The summed E-state index contributed by atoms with van der Waals surface area (Å²) in [5.41, 5.74) is 11.0. The van der Waals surface area contributed by atoms with Crippen LogP contribution >= 0.6 is 0 Å². The van der Waals surface area contributed by atoms with Gasteiger partial charge in [0.2, 0.25) is 5.65 Å². The summed E-state index contributed by atoms with van der Waals surface area (Å²) < 4.78 is 8.49. The molecule has 4 aromatic rings. The van der Waals surface area contributed by atoms with Crippen molar-refractivity contribution in [1.29, 1.82) is 0 Å². The number of nitrogen functional groups attached to an aromatic ring is 1. The van der Waals surface area contributed by atoms with Crippen LogP contribution in [-0.2, 0) is 17.9 Å². The van der Waals surface area contributed by atoms with Crippen LogP contribution in [0.3, 0.4) is 0 Å². The van der Waals surface area contributed by atoms with Gasteiger partial charge >= 0.3 is 11.6 Å². The minimum atomic E-state index is -0.293. The lowest BCUT2D eigenvalue weighted by Gasteiger charge is -2.20. The molecule has 9 heteroatoms. The molecule has 170 valence electrons. The molecule has 0 aliphatic carbocycles. The minimum Gasteiger partial charge on any atom is -0.390 e. The second kappa shape index (κ2) is 8.76. The molecule has 1 aliphatic rings. The minimum absolute atomic E-state index is 0.187. The van der Waals surface area contributed by atoms with Gasteiger partial charge in [-0.15, -0.1) is 9.50 Å². The Balaban J connectivity index is 1.77. The first-order valence-electron chi connectivity index (χ1n) is 11.1. The zero-order valence-electron chi connectivity index (χ0n) is 18.5. The standard InChI is InChI=1S/C24H26N6O3/c1-15-10-18(11-19(13-31)26-15)20-21(17-7-3-2-4-8-17)27-23(25)30-22(20)28-29(24(30)32)12-16-6-5-9-33-14-16/h2-4,7-8,10-11,16,31H,5-6,9,12-14H2,1H3,(H2,25,27)/p+1. The maximum atomic E-state index is 13.3. The fourth-order valence-corrected chi connectivity index (χ4v) is 4.52. The third-order valence-corrected chi connectivity index (χ3v) is 6.01. The van der Waals surface area contributed by atoms with Crippen LogP contribution in [-0.4, -0.2) is 37.5 Å². The molecule has 0 saturated carbocycles. The van der Waals surface area contributed by atoms with Gasteiger partial charge < -0.3 is 9.84 Å². The third-order valence-electron chi connectivity index (χ3n) is 6.01. The van der Waals surface area contributed by atoms with Crippen molar-refractivity contribution < 1.29 is 14.8 Å². The van der Waals surface area contributed by atoms with E-state index < -0.39 is 0 Å². The number of aryl methyl sites for hydroxylation is 1. The molecule has 1 aliphatic heterocycles. The van der Waals surface area contributed by atoms with Crippen LogP contribution in [0.15, 0.2) is 47.3 Å². The Bertz CT molecular complexity index is 1360. The summed E-state index contributed by atoms with van der Waals surface area (Å²) in [7, 11) is 0. The molecule has 1 aromatic carbocycles. The van der Waals surface area contributed by atoms with Crippen LogP contribution in [0.4, 0.5) is 5.95 Å². The summed E-state index contributed by atoms with van der Waals surface area (Å²) in [6.07, 6.45) is 1.97. The Morgan fingerprint density at radius 1 is 1.24 bits per heavy atom. The highest BCUT2D eigenvalue weighted by molar-refractivity contribution is 5.88. The Hall–Kier alpha value is -3.56. The van der Waals surface area contributed by atoms with E-state index in [1.165, 1.54) is 9.08 Å². The monoisotopic (exact) mass is 447 g/mol. The summed E-state index contributed by atoms with van der Waals surface area (Å²) in [6, 6.07) is 13.5. The van der Waals surface area contributed by atoms with Crippen LogP contribution in [0.5, 0.6) is 0 Å². The number of anilines is 1. The molecule has 3 aromatic heterocycles. The van der Waals surface area contributed by atoms with Crippen molar-refractivity contribution in [2.75, 3.05) is 18.9 Å². The first kappa shape index (κ1) is 21.3. The topological polar surface area (TPSA) is 122 Å². The first-order valence-corrected chi connectivity index (χ1v) is 11.1.